The lowest BCUT2D eigenvalue weighted by atomic mass is 10.2. The van der Waals surface area contributed by atoms with E-state index in [-0.39, 0.29) is 21.4 Å². The molecule has 0 radical (unpaired) electrons. The molecule has 0 unspecified atom stereocenters. The van der Waals surface area contributed by atoms with E-state index in [0.717, 1.165) is 0 Å². The predicted molar refractivity (Wildman–Crippen MR) is 132 cm³/mol. The van der Waals surface area contributed by atoms with Crippen molar-refractivity contribution in [3.63, 3.8) is 0 Å². The summed E-state index contributed by atoms with van der Waals surface area (Å²) in [6.07, 6.45) is 1.83. The summed E-state index contributed by atoms with van der Waals surface area (Å²) in [4.78, 5) is 15.4. The molecule has 34 heavy (non-hydrogen) atoms. The van der Waals surface area contributed by atoms with Crippen molar-refractivity contribution in [2.45, 2.75) is 28.5 Å². The Balaban J connectivity index is 1.85. The zero-order valence-corrected chi connectivity index (χ0v) is 21.8. The molecule has 0 saturated carbocycles. The molecule has 0 aliphatic carbocycles. The molecule has 1 aliphatic heterocycles. The van der Waals surface area contributed by atoms with Gasteiger partial charge in [-0.15, -0.1) is 11.8 Å². The number of amides is 1. The third-order valence-electron chi connectivity index (χ3n) is 5.46. The Kier molecular flexibility index (Phi) is 8.63. The zero-order valence-electron chi connectivity index (χ0n) is 19.4. The van der Waals surface area contributed by atoms with Crippen LogP contribution in [0.1, 0.15) is 24.2 Å². The number of morpholine rings is 1. The molecule has 1 saturated heterocycles. The fourth-order valence-corrected chi connectivity index (χ4v) is 6.69. The highest BCUT2D eigenvalue weighted by molar-refractivity contribution is 7.98. The fraction of sp³-hybridized carbons (Fsp3) is 0.409. The van der Waals surface area contributed by atoms with Crippen molar-refractivity contribution in [3.05, 3.63) is 48.0 Å². The first-order valence-corrected chi connectivity index (χ1v) is 15.0. The summed E-state index contributed by atoms with van der Waals surface area (Å²) >= 11 is 1.37. The minimum atomic E-state index is -4.01. The average Bonchev–Trinajstić information content (AvgIpc) is 2.84. The van der Waals surface area contributed by atoms with Gasteiger partial charge < -0.3 is 9.64 Å². The van der Waals surface area contributed by atoms with Crippen LogP contribution in [0.2, 0.25) is 0 Å². The molecule has 3 rings (SSSR count). The molecule has 2 aromatic rings. The molecule has 9 nitrogen and oxygen atoms in total. The maximum Gasteiger partial charge on any atom is 0.261 e. The van der Waals surface area contributed by atoms with Crippen molar-refractivity contribution in [3.8, 4) is 0 Å². The average molecular weight is 528 g/mol. The highest BCUT2D eigenvalue weighted by atomic mass is 32.2. The second kappa shape index (κ2) is 11.1. The van der Waals surface area contributed by atoms with Gasteiger partial charge >= 0.3 is 0 Å². The van der Waals surface area contributed by atoms with Crippen LogP contribution in [-0.2, 0) is 24.8 Å². The summed E-state index contributed by atoms with van der Waals surface area (Å²) < 4.78 is 60.5. The standard InChI is InChI=1S/C22H29N3O6S3/c1-4-25(5-2)34(29,30)18-8-6-17(7-9-18)23-33(27,28)19-10-11-21(32-3)20(16-19)22(26)24-12-14-31-15-13-24/h6-11,16,23H,4-5,12-15H2,1-3H3. The van der Waals surface area contributed by atoms with Crippen molar-refractivity contribution < 1.29 is 26.4 Å². The van der Waals surface area contributed by atoms with Gasteiger partial charge in [-0.2, -0.15) is 4.31 Å². The van der Waals surface area contributed by atoms with E-state index in [1.807, 2.05) is 6.26 Å². The van der Waals surface area contributed by atoms with E-state index in [2.05, 4.69) is 4.72 Å². The van der Waals surface area contributed by atoms with Crippen molar-refractivity contribution in [2.24, 2.45) is 0 Å². The number of rotatable bonds is 9. The molecular weight excluding hydrogens is 498 g/mol. The first kappa shape index (κ1) is 26.5. The first-order chi connectivity index (χ1) is 16.1. The molecule has 0 atom stereocenters. The monoisotopic (exact) mass is 527 g/mol. The van der Waals surface area contributed by atoms with Gasteiger partial charge in [0.2, 0.25) is 10.0 Å². The van der Waals surface area contributed by atoms with E-state index >= 15 is 0 Å². The fourth-order valence-electron chi connectivity index (χ4n) is 3.58. The minimum absolute atomic E-state index is 0.0539. The normalized spacial score (nSPS) is 14.9. The van der Waals surface area contributed by atoms with E-state index in [4.69, 9.17) is 4.74 Å². The number of thioether (sulfide) groups is 1. The summed E-state index contributed by atoms with van der Waals surface area (Å²) in [6.45, 7) is 5.97. The predicted octanol–water partition coefficient (Wildman–Crippen LogP) is 2.71. The highest BCUT2D eigenvalue weighted by Gasteiger charge is 2.25. The number of carbonyl (C=O) groups excluding carboxylic acids is 1. The van der Waals surface area contributed by atoms with Crippen LogP contribution in [0, 0.1) is 0 Å². The molecule has 1 fully saturated rings. The van der Waals surface area contributed by atoms with Crippen LogP contribution in [-0.4, -0.2) is 77.6 Å². The summed E-state index contributed by atoms with van der Waals surface area (Å²) in [5.41, 5.74) is 0.534. The summed E-state index contributed by atoms with van der Waals surface area (Å²) in [6, 6.07) is 10.0. The van der Waals surface area contributed by atoms with E-state index in [9.17, 15) is 21.6 Å². The molecule has 2 aromatic carbocycles. The number of nitrogens with one attached hydrogen (secondary N) is 1. The van der Waals surface area contributed by atoms with Crippen LogP contribution in [0.5, 0.6) is 0 Å². The molecular formula is C22H29N3O6S3. The Labute approximate surface area is 205 Å². The SMILES string of the molecule is CCN(CC)S(=O)(=O)c1ccc(NS(=O)(=O)c2ccc(SC)c(C(=O)N3CCOCC3)c2)cc1. The van der Waals surface area contributed by atoms with Crippen molar-refractivity contribution in [1.29, 1.82) is 0 Å². The van der Waals surface area contributed by atoms with Gasteiger partial charge in [-0.1, -0.05) is 13.8 Å². The first-order valence-electron chi connectivity index (χ1n) is 10.8. The molecule has 0 spiro atoms. The smallest absolute Gasteiger partial charge is 0.261 e. The topological polar surface area (TPSA) is 113 Å². The third kappa shape index (κ3) is 5.74. The maximum absolute atomic E-state index is 13.0. The lowest BCUT2D eigenvalue weighted by Crippen LogP contribution is -2.40. The van der Waals surface area contributed by atoms with Crippen LogP contribution >= 0.6 is 11.8 Å². The molecule has 12 heteroatoms. The lowest BCUT2D eigenvalue weighted by molar-refractivity contribution is 0.0300. The highest BCUT2D eigenvalue weighted by Crippen LogP contribution is 2.27. The number of hydrogen-bond acceptors (Lipinski definition) is 7. The van der Waals surface area contributed by atoms with E-state index in [1.165, 1.54) is 52.5 Å². The quantitative estimate of drug-likeness (QED) is 0.499. The number of ether oxygens (including phenoxy) is 1. The number of hydrogen-bond donors (Lipinski definition) is 1. The molecule has 1 heterocycles. The number of anilines is 1. The van der Waals surface area contributed by atoms with Gasteiger partial charge in [-0.05, 0) is 48.7 Å². The number of nitrogens with zero attached hydrogens (tertiary/aromatic N) is 2. The van der Waals surface area contributed by atoms with Gasteiger partial charge in [0.25, 0.3) is 15.9 Å². The van der Waals surface area contributed by atoms with Gasteiger partial charge in [0.15, 0.2) is 0 Å². The second-order valence-corrected chi connectivity index (χ2v) is 12.0. The third-order valence-corrected chi connectivity index (χ3v) is 9.70. The van der Waals surface area contributed by atoms with E-state index < -0.39 is 20.0 Å². The van der Waals surface area contributed by atoms with Crippen molar-refractivity contribution in [1.82, 2.24) is 9.21 Å². The molecule has 1 aliphatic rings. The Hall–Kier alpha value is -2.12. The van der Waals surface area contributed by atoms with Gasteiger partial charge in [0, 0.05) is 36.8 Å². The molecule has 1 N–H and O–H groups in total. The molecule has 1 amide bonds. The Morgan fingerprint density at radius 2 is 1.59 bits per heavy atom. The van der Waals surface area contributed by atoms with Crippen LogP contribution in [0.15, 0.2) is 57.2 Å². The maximum atomic E-state index is 13.0. The van der Waals surface area contributed by atoms with Crippen molar-refractivity contribution in [2.75, 3.05) is 50.4 Å². The summed E-state index contributed by atoms with van der Waals surface area (Å²) in [5, 5.41) is 0. The van der Waals surface area contributed by atoms with Crippen LogP contribution in [0.25, 0.3) is 0 Å². The van der Waals surface area contributed by atoms with Gasteiger partial charge in [-0.25, -0.2) is 16.8 Å². The zero-order chi connectivity index (χ0) is 24.9. The summed E-state index contributed by atoms with van der Waals surface area (Å²) in [7, 11) is -7.66. The van der Waals surface area contributed by atoms with Crippen LogP contribution in [0.3, 0.4) is 0 Å². The second-order valence-electron chi connectivity index (χ2n) is 7.49. The van der Waals surface area contributed by atoms with Gasteiger partial charge in [-0.3, -0.25) is 9.52 Å². The van der Waals surface area contributed by atoms with E-state index in [1.54, 1.807) is 24.8 Å². The number of sulfonamides is 2. The van der Waals surface area contributed by atoms with Crippen LogP contribution < -0.4 is 4.72 Å². The number of benzene rings is 2. The molecule has 0 aromatic heterocycles. The van der Waals surface area contributed by atoms with Crippen LogP contribution in [0.4, 0.5) is 5.69 Å². The Morgan fingerprint density at radius 3 is 2.15 bits per heavy atom. The largest absolute Gasteiger partial charge is 0.378 e. The molecule has 186 valence electrons. The minimum Gasteiger partial charge on any atom is -0.378 e. The Bertz CT molecular complexity index is 1220. The van der Waals surface area contributed by atoms with Crippen molar-refractivity contribution >= 4 is 43.4 Å². The number of carbonyl (C=O) groups is 1. The summed E-state index contributed by atoms with van der Waals surface area (Å²) in [5.74, 6) is -0.240. The van der Waals surface area contributed by atoms with E-state index in [0.29, 0.717) is 49.9 Å². The lowest BCUT2D eigenvalue weighted by Gasteiger charge is -2.27. The van der Waals surface area contributed by atoms with Gasteiger partial charge in [0.1, 0.15) is 0 Å². The molecule has 0 bridgehead atoms. The van der Waals surface area contributed by atoms with Gasteiger partial charge in [0.05, 0.1) is 28.6 Å². The Morgan fingerprint density at radius 1 is 1.00 bits per heavy atom.